The number of nitrogens with one attached hydrogen (secondary N) is 1. The van der Waals surface area contributed by atoms with Crippen LogP contribution in [-0.4, -0.2) is 6.54 Å². The van der Waals surface area contributed by atoms with Gasteiger partial charge < -0.3 is 5.32 Å². The van der Waals surface area contributed by atoms with Crippen molar-refractivity contribution in [2.45, 2.75) is 6.54 Å². The second-order valence-corrected chi connectivity index (χ2v) is 4.16. The monoisotopic (exact) mass is 268 g/mol. The van der Waals surface area contributed by atoms with Crippen molar-refractivity contribution in [3.05, 3.63) is 46.2 Å². The molecule has 0 spiro atoms. The molecule has 1 rings (SSSR count). The standard InChI is InChI=1S/C11H10BrFN2/c1-8(12)6-15-7-10-4-11(13)3-2-9(10)5-14/h2-4,15H,1,6-7H2. The van der Waals surface area contributed by atoms with Gasteiger partial charge in [-0.2, -0.15) is 5.26 Å². The lowest BCUT2D eigenvalue weighted by Gasteiger charge is -2.05. The molecule has 1 N–H and O–H groups in total. The summed E-state index contributed by atoms with van der Waals surface area (Å²) in [5.41, 5.74) is 1.15. The van der Waals surface area contributed by atoms with Crippen LogP contribution in [0.3, 0.4) is 0 Å². The number of benzene rings is 1. The van der Waals surface area contributed by atoms with Crippen LogP contribution in [0.15, 0.2) is 29.3 Å². The van der Waals surface area contributed by atoms with Crippen LogP contribution in [0.1, 0.15) is 11.1 Å². The Hall–Kier alpha value is -1.18. The van der Waals surface area contributed by atoms with Crippen LogP contribution < -0.4 is 5.32 Å². The molecule has 0 atom stereocenters. The lowest BCUT2D eigenvalue weighted by atomic mass is 10.1. The van der Waals surface area contributed by atoms with Gasteiger partial charge in [0.15, 0.2) is 0 Å². The fourth-order valence-corrected chi connectivity index (χ4v) is 1.35. The number of hydrogen-bond acceptors (Lipinski definition) is 2. The summed E-state index contributed by atoms with van der Waals surface area (Å²) in [4.78, 5) is 0. The SMILES string of the molecule is C=C(Br)CNCc1cc(F)ccc1C#N. The molecule has 4 heteroatoms. The highest BCUT2D eigenvalue weighted by Crippen LogP contribution is 2.10. The van der Waals surface area contributed by atoms with Crippen molar-refractivity contribution in [1.82, 2.24) is 5.32 Å². The van der Waals surface area contributed by atoms with E-state index >= 15 is 0 Å². The van der Waals surface area contributed by atoms with Crippen LogP contribution in [0, 0.1) is 17.1 Å². The number of rotatable bonds is 4. The Kier molecular flexibility index (Phi) is 4.47. The summed E-state index contributed by atoms with van der Waals surface area (Å²) in [6, 6.07) is 6.15. The normalized spacial score (nSPS) is 9.67. The highest BCUT2D eigenvalue weighted by atomic mass is 79.9. The Morgan fingerprint density at radius 3 is 2.93 bits per heavy atom. The Morgan fingerprint density at radius 2 is 2.33 bits per heavy atom. The molecule has 0 aromatic heterocycles. The van der Waals surface area contributed by atoms with Crippen molar-refractivity contribution in [2.24, 2.45) is 0 Å². The molecule has 0 heterocycles. The third-order valence-electron chi connectivity index (χ3n) is 1.82. The molecule has 0 fully saturated rings. The predicted molar refractivity (Wildman–Crippen MR) is 60.9 cm³/mol. The smallest absolute Gasteiger partial charge is 0.123 e. The first-order valence-electron chi connectivity index (χ1n) is 4.36. The summed E-state index contributed by atoms with van der Waals surface area (Å²) in [5, 5.41) is 11.8. The number of halogens is 2. The number of nitriles is 1. The van der Waals surface area contributed by atoms with E-state index in [-0.39, 0.29) is 5.82 Å². The molecule has 0 saturated carbocycles. The third-order valence-corrected chi connectivity index (χ3v) is 2.10. The molecule has 0 radical (unpaired) electrons. The number of hydrogen-bond donors (Lipinski definition) is 1. The van der Waals surface area contributed by atoms with Gasteiger partial charge in [-0.15, -0.1) is 0 Å². The summed E-state index contributed by atoms with van der Waals surface area (Å²) in [6.07, 6.45) is 0. The van der Waals surface area contributed by atoms with E-state index in [0.717, 1.165) is 4.48 Å². The summed E-state index contributed by atoms with van der Waals surface area (Å²) < 4.78 is 13.7. The Morgan fingerprint density at radius 1 is 1.60 bits per heavy atom. The van der Waals surface area contributed by atoms with Crippen LogP contribution >= 0.6 is 15.9 Å². The van der Waals surface area contributed by atoms with E-state index in [0.29, 0.717) is 24.2 Å². The van der Waals surface area contributed by atoms with E-state index in [1.54, 1.807) is 0 Å². The zero-order valence-corrected chi connectivity index (χ0v) is 9.64. The van der Waals surface area contributed by atoms with Crippen LogP contribution in [0.2, 0.25) is 0 Å². The molecule has 0 amide bonds. The van der Waals surface area contributed by atoms with Crippen molar-refractivity contribution in [2.75, 3.05) is 6.54 Å². The van der Waals surface area contributed by atoms with Gasteiger partial charge in [-0.05, 0) is 23.8 Å². The maximum absolute atomic E-state index is 12.9. The van der Waals surface area contributed by atoms with Crippen LogP contribution in [0.5, 0.6) is 0 Å². The molecule has 0 unspecified atom stereocenters. The first kappa shape index (κ1) is 11.9. The molecular formula is C11H10BrFN2. The maximum Gasteiger partial charge on any atom is 0.123 e. The van der Waals surface area contributed by atoms with E-state index in [4.69, 9.17) is 5.26 Å². The Labute approximate surface area is 96.5 Å². The summed E-state index contributed by atoms with van der Waals surface area (Å²) in [6.45, 7) is 4.70. The Balaban J connectivity index is 2.71. The van der Waals surface area contributed by atoms with E-state index in [2.05, 4.69) is 27.8 Å². The van der Waals surface area contributed by atoms with Crippen molar-refractivity contribution in [3.8, 4) is 6.07 Å². The number of nitrogens with zero attached hydrogens (tertiary/aromatic N) is 1. The van der Waals surface area contributed by atoms with Gasteiger partial charge in [-0.1, -0.05) is 22.5 Å². The first-order valence-corrected chi connectivity index (χ1v) is 5.15. The zero-order chi connectivity index (χ0) is 11.3. The summed E-state index contributed by atoms with van der Waals surface area (Å²) in [7, 11) is 0. The summed E-state index contributed by atoms with van der Waals surface area (Å²) >= 11 is 3.20. The zero-order valence-electron chi connectivity index (χ0n) is 8.06. The summed E-state index contributed by atoms with van der Waals surface area (Å²) in [5.74, 6) is -0.330. The second-order valence-electron chi connectivity index (χ2n) is 3.03. The first-order chi connectivity index (χ1) is 7.13. The van der Waals surface area contributed by atoms with Gasteiger partial charge in [0.2, 0.25) is 0 Å². The van der Waals surface area contributed by atoms with E-state index < -0.39 is 0 Å². The molecule has 0 saturated heterocycles. The fourth-order valence-electron chi connectivity index (χ4n) is 1.15. The molecule has 0 aliphatic heterocycles. The minimum absolute atomic E-state index is 0.330. The van der Waals surface area contributed by atoms with Crippen molar-refractivity contribution in [1.29, 1.82) is 5.26 Å². The molecule has 15 heavy (non-hydrogen) atoms. The molecular weight excluding hydrogens is 259 g/mol. The minimum Gasteiger partial charge on any atom is -0.308 e. The molecule has 2 nitrogen and oxygen atoms in total. The fraction of sp³-hybridized carbons (Fsp3) is 0.182. The lowest BCUT2D eigenvalue weighted by molar-refractivity contribution is 0.622. The van der Waals surface area contributed by atoms with Gasteiger partial charge in [-0.25, -0.2) is 4.39 Å². The third kappa shape index (κ3) is 3.82. The largest absolute Gasteiger partial charge is 0.308 e. The highest BCUT2D eigenvalue weighted by molar-refractivity contribution is 9.11. The van der Waals surface area contributed by atoms with E-state index in [1.807, 2.05) is 6.07 Å². The van der Waals surface area contributed by atoms with Crippen LogP contribution in [0.25, 0.3) is 0 Å². The van der Waals surface area contributed by atoms with Gasteiger partial charge in [0.1, 0.15) is 5.82 Å². The average Bonchev–Trinajstić information content (AvgIpc) is 2.17. The van der Waals surface area contributed by atoms with Crippen molar-refractivity contribution >= 4 is 15.9 Å². The van der Waals surface area contributed by atoms with Gasteiger partial charge in [0.25, 0.3) is 0 Å². The Bertz CT molecular complexity index is 410. The maximum atomic E-state index is 12.9. The second kappa shape index (κ2) is 5.64. The minimum atomic E-state index is -0.330. The lowest BCUT2D eigenvalue weighted by Crippen LogP contribution is -2.15. The molecule has 0 bridgehead atoms. The van der Waals surface area contributed by atoms with Gasteiger partial charge in [0.05, 0.1) is 11.6 Å². The molecule has 1 aromatic carbocycles. The van der Waals surface area contributed by atoms with E-state index in [1.165, 1.54) is 18.2 Å². The molecule has 78 valence electrons. The predicted octanol–water partition coefficient (Wildman–Crippen LogP) is 2.70. The van der Waals surface area contributed by atoms with Gasteiger partial charge in [-0.3, -0.25) is 0 Å². The van der Waals surface area contributed by atoms with Crippen molar-refractivity contribution in [3.63, 3.8) is 0 Å². The van der Waals surface area contributed by atoms with Gasteiger partial charge in [0, 0.05) is 17.6 Å². The molecule has 0 aliphatic rings. The van der Waals surface area contributed by atoms with E-state index in [9.17, 15) is 4.39 Å². The van der Waals surface area contributed by atoms with Crippen molar-refractivity contribution < 1.29 is 4.39 Å². The molecule has 0 aliphatic carbocycles. The molecule has 1 aromatic rings. The average molecular weight is 269 g/mol. The highest BCUT2D eigenvalue weighted by Gasteiger charge is 2.03. The van der Waals surface area contributed by atoms with Crippen LogP contribution in [-0.2, 0) is 6.54 Å². The quantitative estimate of drug-likeness (QED) is 0.912. The van der Waals surface area contributed by atoms with Crippen LogP contribution in [0.4, 0.5) is 4.39 Å². The van der Waals surface area contributed by atoms with Gasteiger partial charge >= 0.3 is 0 Å². The topological polar surface area (TPSA) is 35.8 Å².